The van der Waals surface area contributed by atoms with Crippen LogP contribution >= 0.6 is 0 Å². The first-order valence-corrected chi connectivity index (χ1v) is 6.90. The predicted molar refractivity (Wildman–Crippen MR) is 91.2 cm³/mol. The van der Waals surface area contributed by atoms with Gasteiger partial charge in [-0.15, -0.1) is 0 Å². The Bertz CT molecular complexity index is 357. The molecular weight excluding hydrogens is 248 g/mol. The minimum Gasteiger partial charge on any atom is -0.248 e. The summed E-state index contributed by atoms with van der Waals surface area (Å²) in [5.74, 6) is 0. The van der Waals surface area contributed by atoms with E-state index in [-0.39, 0.29) is 10.8 Å². The van der Waals surface area contributed by atoms with Gasteiger partial charge in [-0.05, 0) is 6.08 Å². The first-order valence-electron chi connectivity index (χ1n) is 6.90. The number of nitrogens with zero attached hydrogens (tertiary/aromatic N) is 4. The summed E-state index contributed by atoms with van der Waals surface area (Å²) in [7, 11) is 0. The Labute approximate surface area is 122 Å². The molecule has 0 saturated heterocycles. The van der Waals surface area contributed by atoms with E-state index < -0.39 is 0 Å². The highest BCUT2D eigenvalue weighted by molar-refractivity contribution is 5.78. The lowest BCUT2D eigenvalue weighted by Crippen LogP contribution is -2.07. The maximum atomic E-state index is 3.94. The third kappa shape index (κ3) is 9.14. The lowest BCUT2D eigenvalue weighted by molar-refractivity contribution is 0.693. The van der Waals surface area contributed by atoms with E-state index in [2.05, 4.69) is 54.0 Å². The number of allylic oxidation sites excluding steroid dienone is 3. The molecule has 0 atom stereocenters. The van der Waals surface area contributed by atoms with E-state index in [4.69, 9.17) is 0 Å². The lowest BCUT2D eigenvalue weighted by Gasteiger charge is -2.09. The smallest absolute Gasteiger partial charge is 0.114 e. The molecule has 0 radical (unpaired) electrons. The quantitative estimate of drug-likeness (QED) is 0.632. The molecule has 0 aromatic heterocycles. The third-order valence-corrected chi connectivity index (χ3v) is 2.27. The highest BCUT2D eigenvalue weighted by atomic mass is 15.2. The number of aliphatic imine (C=N–C) groups is 2. The summed E-state index contributed by atoms with van der Waals surface area (Å²) < 4.78 is 0. The average Bonchev–Trinajstić information content (AvgIpc) is 2.72. The normalized spacial score (nSPS) is 20.1. The van der Waals surface area contributed by atoms with Gasteiger partial charge >= 0.3 is 0 Å². The molecule has 0 spiro atoms. The van der Waals surface area contributed by atoms with Gasteiger partial charge in [0, 0.05) is 35.7 Å². The fraction of sp³-hybridized carbons (Fsp3) is 0.500. The third-order valence-electron chi connectivity index (χ3n) is 2.27. The molecule has 0 aromatic rings. The van der Waals surface area contributed by atoms with Gasteiger partial charge in [0.25, 0.3) is 0 Å². The fourth-order valence-corrected chi connectivity index (χ4v) is 1.17. The average molecular weight is 274 g/mol. The van der Waals surface area contributed by atoms with E-state index in [1.807, 2.05) is 38.4 Å². The monoisotopic (exact) mass is 274 g/mol. The minimum absolute atomic E-state index is 0.0660. The maximum absolute atomic E-state index is 3.94. The van der Waals surface area contributed by atoms with Gasteiger partial charge in [-0.25, -0.2) is 9.98 Å². The summed E-state index contributed by atoms with van der Waals surface area (Å²) in [6.07, 6.45) is 14.7. The Morgan fingerprint density at radius 1 is 0.750 bits per heavy atom. The van der Waals surface area contributed by atoms with Gasteiger partial charge in [-0.1, -0.05) is 53.7 Å². The second kappa shape index (κ2) is 9.13. The van der Waals surface area contributed by atoms with Gasteiger partial charge in [0.15, 0.2) is 0 Å². The van der Waals surface area contributed by atoms with Crippen LogP contribution in [0.2, 0.25) is 0 Å². The largest absolute Gasteiger partial charge is 0.248 e. The molecule has 0 aliphatic carbocycles. The molecule has 0 N–H and O–H groups in total. The molecule has 2 heterocycles. The molecule has 0 bridgehead atoms. The first kappa shape index (κ1) is 18.2. The molecule has 0 saturated carbocycles. The zero-order valence-corrected chi connectivity index (χ0v) is 13.4. The van der Waals surface area contributed by atoms with Crippen LogP contribution in [0.15, 0.2) is 44.6 Å². The van der Waals surface area contributed by atoms with Crippen LogP contribution in [0.25, 0.3) is 0 Å². The van der Waals surface area contributed by atoms with Crippen LogP contribution in [0.5, 0.6) is 0 Å². The Kier molecular flexibility index (Phi) is 8.29. The molecule has 4 heteroatoms. The van der Waals surface area contributed by atoms with Crippen LogP contribution in [-0.4, -0.2) is 25.0 Å². The molecule has 20 heavy (non-hydrogen) atoms. The van der Waals surface area contributed by atoms with Crippen molar-refractivity contribution in [3.63, 3.8) is 0 Å². The SMILES string of the molecule is CC.CC1(C)C=CC=NN=C1.CC1(C)C=CN=CN=C1. The zero-order chi connectivity index (χ0) is 15.5. The van der Waals surface area contributed by atoms with Crippen molar-refractivity contribution in [3.8, 4) is 0 Å². The Hall–Kier alpha value is -1.84. The fourth-order valence-electron chi connectivity index (χ4n) is 1.17. The Balaban J connectivity index is 0.000000321. The molecule has 2 rings (SSSR count). The van der Waals surface area contributed by atoms with Crippen LogP contribution in [-0.2, 0) is 0 Å². The zero-order valence-electron chi connectivity index (χ0n) is 13.4. The summed E-state index contributed by atoms with van der Waals surface area (Å²) in [5.41, 5.74) is 0.132. The molecular formula is C16H26N4. The van der Waals surface area contributed by atoms with Gasteiger partial charge in [-0.2, -0.15) is 10.2 Å². The molecule has 4 nitrogen and oxygen atoms in total. The van der Waals surface area contributed by atoms with Crippen molar-refractivity contribution >= 4 is 25.0 Å². The van der Waals surface area contributed by atoms with Crippen molar-refractivity contribution in [3.05, 3.63) is 24.4 Å². The van der Waals surface area contributed by atoms with E-state index in [1.165, 1.54) is 0 Å². The van der Waals surface area contributed by atoms with Gasteiger partial charge in [0.05, 0.1) is 0 Å². The molecule has 0 fully saturated rings. The number of hydrogen-bond acceptors (Lipinski definition) is 4. The number of hydrogen-bond donors (Lipinski definition) is 0. The lowest BCUT2D eigenvalue weighted by atomic mass is 9.95. The summed E-state index contributed by atoms with van der Waals surface area (Å²) in [6, 6.07) is 0. The van der Waals surface area contributed by atoms with Gasteiger partial charge in [-0.3, -0.25) is 0 Å². The van der Waals surface area contributed by atoms with Crippen molar-refractivity contribution in [1.29, 1.82) is 0 Å². The van der Waals surface area contributed by atoms with Crippen LogP contribution in [0.3, 0.4) is 0 Å². The predicted octanol–water partition coefficient (Wildman–Crippen LogP) is 4.30. The van der Waals surface area contributed by atoms with Crippen molar-refractivity contribution in [2.75, 3.05) is 0 Å². The van der Waals surface area contributed by atoms with E-state index >= 15 is 0 Å². The highest BCUT2D eigenvalue weighted by Gasteiger charge is 2.10. The van der Waals surface area contributed by atoms with Crippen LogP contribution < -0.4 is 0 Å². The summed E-state index contributed by atoms with van der Waals surface area (Å²) in [6.45, 7) is 12.3. The van der Waals surface area contributed by atoms with Crippen molar-refractivity contribution in [2.24, 2.45) is 31.0 Å². The van der Waals surface area contributed by atoms with E-state index in [1.54, 1.807) is 18.8 Å². The Morgan fingerprint density at radius 2 is 1.40 bits per heavy atom. The van der Waals surface area contributed by atoms with Crippen molar-refractivity contribution in [2.45, 2.75) is 41.5 Å². The summed E-state index contributed by atoms with van der Waals surface area (Å²) in [4.78, 5) is 7.81. The van der Waals surface area contributed by atoms with Crippen molar-refractivity contribution in [1.82, 2.24) is 0 Å². The van der Waals surface area contributed by atoms with Crippen LogP contribution in [0.1, 0.15) is 41.5 Å². The van der Waals surface area contributed by atoms with Gasteiger partial charge in [0.2, 0.25) is 0 Å². The molecule has 0 amide bonds. The maximum Gasteiger partial charge on any atom is 0.114 e. The minimum atomic E-state index is 0.0660. The highest BCUT2D eigenvalue weighted by Crippen LogP contribution is 2.14. The standard InChI is InChI=1S/2C7H10N2.C2H6/c1-7(2)3-4-8-6-9-5-7;1-7(2)4-3-5-8-9-6-7;1-2/h2*3-6H,1-2H3;1-2H3. The summed E-state index contributed by atoms with van der Waals surface area (Å²) in [5, 5.41) is 7.53. The first-order chi connectivity index (χ1) is 9.41. The van der Waals surface area contributed by atoms with E-state index in [0.29, 0.717) is 0 Å². The molecule has 2 aliphatic rings. The van der Waals surface area contributed by atoms with Crippen molar-refractivity contribution < 1.29 is 0 Å². The Morgan fingerprint density at radius 3 is 2.10 bits per heavy atom. The van der Waals surface area contributed by atoms with Gasteiger partial charge in [0.1, 0.15) is 6.34 Å². The van der Waals surface area contributed by atoms with Crippen LogP contribution in [0.4, 0.5) is 0 Å². The van der Waals surface area contributed by atoms with Crippen LogP contribution in [0, 0.1) is 10.8 Å². The van der Waals surface area contributed by atoms with E-state index in [9.17, 15) is 0 Å². The molecule has 0 unspecified atom stereocenters. The van der Waals surface area contributed by atoms with Gasteiger partial charge < -0.3 is 0 Å². The van der Waals surface area contributed by atoms with E-state index in [0.717, 1.165) is 0 Å². The molecule has 0 aromatic carbocycles. The summed E-state index contributed by atoms with van der Waals surface area (Å²) >= 11 is 0. The number of rotatable bonds is 0. The second-order valence-corrected chi connectivity index (χ2v) is 5.37. The second-order valence-electron chi connectivity index (χ2n) is 5.37. The topological polar surface area (TPSA) is 49.4 Å². The molecule has 2 aliphatic heterocycles. The molecule has 110 valence electrons.